The molecule has 1 N–H and O–H groups in total. The van der Waals surface area contributed by atoms with Gasteiger partial charge in [0.15, 0.2) is 0 Å². The number of hydrogen-bond donors (Lipinski definition) is 1. The Morgan fingerprint density at radius 3 is 2.67 bits per heavy atom. The molecular weight excluding hydrogens is 443 g/mol. The third-order valence-corrected chi connectivity index (χ3v) is 6.09. The molecule has 0 saturated heterocycles. The van der Waals surface area contributed by atoms with Gasteiger partial charge in [-0.05, 0) is 62.2 Å². The number of aliphatic hydroxyl groups is 1. The lowest BCUT2D eigenvalue weighted by atomic mass is 10.0. The summed E-state index contributed by atoms with van der Waals surface area (Å²) >= 11 is 1.24. The van der Waals surface area contributed by atoms with E-state index in [9.17, 15) is 14.3 Å². The number of carbonyl (C=O) groups is 1. The minimum absolute atomic E-state index is 0.0500. The largest absolute Gasteiger partial charge is 0.462 e. The molecule has 4 rings (SSSR count). The van der Waals surface area contributed by atoms with E-state index in [1.165, 1.54) is 23.5 Å². The van der Waals surface area contributed by atoms with Crippen LogP contribution in [0.25, 0.3) is 32.6 Å². The molecule has 0 fully saturated rings. The van der Waals surface area contributed by atoms with Crippen molar-refractivity contribution in [2.75, 3.05) is 6.61 Å². The van der Waals surface area contributed by atoms with Crippen LogP contribution in [0.2, 0.25) is 0 Å². The molecule has 2 aromatic carbocycles. The van der Waals surface area contributed by atoms with E-state index < -0.39 is 17.4 Å². The van der Waals surface area contributed by atoms with E-state index in [1.54, 1.807) is 37.6 Å². The third-order valence-electron chi connectivity index (χ3n) is 4.92. The van der Waals surface area contributed by atoms with Crippen molar-refractivity contribution >= 4 is 28.3 Å². The van der Waals surface area contributed by atoms with Gasteiger partial charge in [0.2, 0.25) is 0 Å². The van der Waals surface area contributed by atoms with Gasteiger partial charge in [-0.25, -0.2) is 13.9 Å². The van der Waals surface area contributed by atoms with Gasteiger partial charge in [0, 0.05) is 10.4 Å². The van der Waals surface area contributed by atoms with Crippen molar-refractivity contribution in [2.24, 2.45) is 0 Å². The lowest BCUT2D eigenvalue weighted by Crippen LogP contribution is -2.26. The molecule has 2 aromatic heterocycles. The Labute approximate surface area is 193 Å². The average Bonchev–Trinajstić information content (AvgIpc) is 3.37. The fourth-order valence-corrected chi connectivity index (χ4v) is 4.56. The Kier molecular flexibility index (Phi) is 5.97. The molecule has 0 amide bonds. The first-order valence-electron chi connectivity index (χ1n) is 10.3. The van der Waals surface area contributed by atoms with Crippen molar-refractivity contribution in [3.63, 3.8) is 0 Å². The predicted octanol–water partition coefficient (Wildman–Crippen LogP) is 4.79. The Morgan fingerprint density at radius 2 is 2.00 bits per heavy atom. The van der Waals surface area contributed by atoms with E-state index in [0.717, 1.165) is 16.0 Å². The molecule has 0 aliphatic rings. The number of nitrogens with zero attached hydrogens (tertiary/aromatic N) is 4. The predicted molar refractivity (Wildman–Crippen MR) is 123 cm³/mol. The smallest absolute Gasteiger partial charge is 0.348 e. The lowest BCUT2D eigenvalue weighted by Gasteiger charge is -2.16. The second-order valence-electron chi connectivity index (χ2n) is 8.14. The fourth-order valence-electron chi connectivity index (χ4n) is 3.49. The normalized spacial score (nSPS) is 11.5. The molecular formula is C24H21FN4O3S. The molecule has 0 aliphatic carbocycles. The summed E-state index contributed by atoms with van der Waals surface area (Å²) < 4.78 is 21.1. The summed E-state index contributed by atoms with van der Waals surface area (Å²) in [4.78, 5) is 13.5. The number of aromatic nitrogens is 3. The SMILES string of the molecule is CCOC(=O)c1cc(-c2ccc(C#N)c(F)c2)c(-c2ccc3c(c2)nnn3CC(C)(C)O)s1. The molecule has 2 heterocycles. The summed E-state index contributed by atoms with van der Waals surface area (Å²) in [5.74, 6) is -1.09. The standard InChI is InChI=1S/C24H21FN4O3S/c1-4-32-23(30)21-11-17(14-5-6-16(12-26)18(25)9-14)22(33-21)15-7-8-20-19(10-15)27-28-29(20)13-24(2,3)31/h5-11,31H,4,13H2,1-3H3. The van der Waals surface area contributed by atoms with Crippen molar-refractivity contribution in [1.29, 1.82) is 5.26 Å². The van der Waals surface area contributed by atoms with Crippen molar-refractivity contribution in [2.45, 2.75) is 32.9 Å². The van der Waals surface area contributed by atoms with Crippen LogP contribution in [0.1, 0.15) is 36.0 Å². The second kappa shape index (κ2) is 8.73. The van der Waals surface area contributed by atoms with Gasteiger partial charge in [-0.15, -0.1) is 16.4 Å². The molecule has 0 aliphatic heterocycles. The molecule has 9 heteroatoms. The van der Waals surface area contributed by atoms with Gasteiger partial charge in [0.25, 0.3) is 0 Å². The number of carbonyl (C=O) groups excluding carboxylic acids is 1. The first-order chi connectivity index (χ1) is 15.7. The molecule has 0 unspecified atom stereocenters. The number of nitriles is 1. The summed E-state index contributed by atoms with van der Waals surface area (Å²) in [5, 5.41) is 27.5. The molecule has 0 atom stereocenters. The van der Waals surface area contributed by atoms with Gasteiger partial charge in [0.05, 0.1) is 29.8 Å². The number of rotatable bonds is 6. The van der Waals surface area contributed by atoms with E-state index >= 15 is 0 Å². The monoisotopic (exact) mass is 464 g/mol. The summed E-state index contributed by atoms with van der Waals surface area (Å²) in [7, 11) is 0. The molecule has 0 spiro atoms. The van der Waals surface area contributed by atoms with E-state index in [4.69, 9.17) is 10.00 Å². The maximum absolute atomic E-state index is 14.4. The highest BCUT2D eigenvalue weighted by atomic mass is 32.1. The van der Waals surface area contributed by atoms with Gasteiger partial charge in [-0.1, -0.05) is 17.3 Å². The third kappa shape index (κ3) is 4.62. The van der Waals surface area contributed by atoms with E-state index in [0.29, 0.717) is 21.5 Å². The molecule has 168 valence electrons. The van der Waals surface area contributed by atoms with Crippen LogP contribution < -0.4 is 0 Å². The fraction of sp³-hybridized carbons (Fsp3) is 0.250. The van der Waals surface area contributed by atoms with Crippen molar-refractivity contribution in [3.05, 3.63) is 58.7 Å². The Morgan fingerprint density at radius 1 is 1.24 bits per heavy atom. The second-order valence-corrected chi connectivity index (χ2v) is 9.20. The Bertz CT molecular complexity index is 1400. The lowest BCUT2D eigenvalue weighted by molar-refractivity contribution is 0.0531. The maximum Gasteiger partial charge on any atom is 0.348 e. The van der Waals surface area contributed by atoms with Gasteiger partial charge in [-0.2, -0.15) is 5.26 Å². The first-order valence-corrected chi connectivity index (χ1v) is 11.1. The number of halogens is 1. The zero-order chi connectivity index (χ0) is 23.8. The van der Waals surface area contributed by atoms with E-state index in [2.05, 4.69) is 10.3 Å². The molecule has 7 nitrogen and oxygen atoms in total. The maximum atomic E-state index is 14.4. The van der Waals surface area contributed by atoms with Crippen LogP contribution in [0, 0.1) is 17.1 Å². The van der Waals surface area contributed by atoms with Gasteiger partial charge >= 0.3 is 5.97 Å². The van der Waals surface area contributed by atoms with Gasteiger partial charge in [0.1, 0.15) is 22.3 Å². The van der Waals surface area contributed by atoms with E-state index in [-0.39, 0.29) is 18.7 Å². The topological polar surface area (TPSA) is 101 Å². The van der Waals surface area contributed by atoms with Gasteiger partial charge in [-0.3, -0.25) is 0 Å². The number of hydrogen-bond acceptors (Lipinski definition) is 7. The average molecular weight is 465 g/mol. The summed E-state index contributed by atoms with van der Waals surface area (Å²) in [5.41, 5.74) is 2.35. The van der Waals surface area contributed by atoms with Gasteiger partial charge < -0.3 is 9.84 Å². The number of thiophene rings is 1. The zero-order valence-corrected chi connectivity index (χ0v) is 19.1. The molecule has 4 aromatic rings. The van der Waals surface area contributed by atoms with Crippen LogP contribution in [0.3, 0.4) is 0 Å². The highest BCUT2D eigenvalue weighted by molar-refractivity contribution is 7.18. The zero-order valence-electron chi connectivity index (χ0n) is 18.3. The van der Waals surface area contributed by atoms with Crippen LogP contribution in [0.15, 0.2) is 42.5 Å². The number of benzene rings is 2. The molecule has 0 saturated carbocycles. The summed E-state index contributed by atoms with van der Waals surface area (Å²) in [6.45, 7) is 5.64. The molecule has 0 radical (unpaired) electrons. The molecule has 33 heavy (non-hydrogen) atoms. The first kappa shape index (κ1) is 22.6. The summed E-state index contributed by atoms with van der Waals surface area (Å²) in [6.07, 6.45) is 0. The number of fused-ring (bicyclic) bond motifs is 1. The quantitative estimate of drug-likeness (QED) is 0.412. The summed E-state index contributed by atoms with van der Waals surface area (Å²) in [6, 6.07) is 13.4. The van der Waals surface area contributed by atoms with Crippen LogP contribution in [0.4, 0.5) is 4.39 Å². The highest BCUT2D eigenvalue weighted by Crippen LogP contribution is 2.41. The molecule has 0 bridgehead atoms. The van der Waals surface area contributed by atoms with Crippen LogP contribution in [-0.2, 0) is 11.3 Å². The van der Waals surface area contributed by atoms with Crippen LogP contribution in [0.5, 0.6) is 0 Å². The van der Waals surface area contributed by atoms with Crippen LogP contribution >= 0.6 is 11.3 Å². The Balaban J connectivity index is 1.84. The highest BCUT2D eigenvalue weighted by Gasteiger charge is 2.21. The minimum atomic E-state index is -0.950. The Hall–Kier alpha value is -3.61. The van der Waals surface area contributed by atoms with Crippen molar-refractivity contribution in [3.8, 4) is 27.6 Å². The van der Waals surface area contributed by atoms with Crippen molar-refractivity contribution in [1.82, 2.24) is 15.0 Å². The number of ether oxygens (including phenoxy) is 1. The minimum Gasteiger partial charge on any atom is -0.462 e. The van der Waals surface area contributed by atoms with Crippen molar-refractivity contribution < 1.29 is 19.0 Å². The number of esters is 1. The van der Waals surface area contributed by atoms with E-state index in [1.807, 2.05) is 24.3 Å². The van der Waals surface area contributed by atoms with Crippen LogP contribution in [-0.4, -0.2) is 38.3 Å².